The van der Waals surface area contributed by atoms with Crippen LogP contribution in [-0.4, -0.2) is 18.0 Å². The van der Waals surface area contributed by atoms with E-state index in [1.165, 1.54) is 70.6 Å². The summed E-state index contributed by atoms with van der Waals surface area (Å²) in [5, 5.41) is 3.44. The second kappa shape index (κ2) is 6.15. The molecule has 0 aromatic heterocycles. The highest BCUT2D eigenvalue weighted by Crippen LogP contribution is 2.46. The molecule has 3 nitrogen and oxygen atoms in total. The van der Waals surface area contributed by atoms with Gasteiger partial charge in [0.25, 0.3) is 0 Å². The fraction of sp³-hybridized carbons (Fsp3) is 0.938. The van der Waals surface area contributed by atoms with Gasteiger partial charge in [-0.2, -0.15) is 0 Å². The molecule has 3 fully saturated rings. The SMILES string of the molecule is NC(=NC1CC1C1CCCCC1)NC1CCCCC1. The van der Waals surface area contributed by atoms with Crippen molar-refractivity contribution in [1.29, 1.82) is 0 Å². The number of hydrogen-bond acceptors (Lipinski definition) is 1. The first-order valence-corrected chi connectivity index (χ1v) is 8.43. The average molecular weight is 263 g/mol. The van der Waals surface area contributed by atoms with Gasteiger partial charge in [-0.25, -0.2) is 4.99 Å². The predicted molar refractivity (Wildman–Crippen MR) is 80.1 cm³/mol. The summed E-state index contributed by atoms with van der Waals surface area (Å²) < 4.78 is 0. The minimum atomic E-state index is 0.541. The van der Waals surface area contributed by atoms with Crippen LogP contribution in [0.15, 0.2) is 4.99 Å². The Labute approximate surface area is 117 Å². The molecule has 3 N–H and O–H groups in total. The molecule has 0 heterocycles. The minimum absolute atomic E-state index is 0.541. The molecule has 3 aliphatic carbocycles. The molecule has 108 valence electrons. The van der Waals surface area contributed by atoms with Crippen LogP contribution in [-0.2, 0) is 0 Å². The summed E-state index contributed by atoms with van der Waals surface area (Å²) in [5.74, 6) is 2.52. The molecule has 2 atom stereocenters. The second-order valence-corrected chi connectivity index (χ2v) is 6.86. The molecule has 0 radical (unpaired) electrons. The minimum Gasteiger partial charge on any atom is -0.370 e. The van der Waals surface area contributed by atoms with Gasteiger partial charge in [0.05, 0.1) is 6.04 Å². The molecule has 0 bridgehead atoms. The summed E-state index contributed by atoms with van der Waals surface area (Å²) in [5.41, 5.74) is 6.08. The molecule has 0 aromatic carbocycles. The number of nitrogens with two attached hydrogens (primary N) is 1. The lowest BCUT2D eigenvalue weighted by Gasteiger charge is -2.23. The number of hydrogen-bond donors (Lipinski definition) is 2. The van der Waals surface area contributed by atoms with Crippen LogP contribution >= 0.6 is 0 Å². The molecule has 0 saturated heterocycles. The third-order valence-corrected chi connectivity index (χ3v) is 5.32. The summed E-state index contributed by atoms with van der Waals surface area (Å²) in [6.07, 6.45) is 15.1. The Hall–Kier alpha value is -0.730. The lowest BCUT2D eigenvalue weighted by molar-refractivity contribution is 0.318. The third kappa shape index (κ3) is 3.64. The van der Waals surface area contributed by atoms with Gasteiger partial charge < -0.3 is 11.1 Å². The Bertz CT molecular complexity index is 314. The number of nitrogens with one attached hydrogen (secondary N) is 1. The van der Waals surface area contributed by atoms with Crippen LogP contribution in [0.4, 0.5) is 0 Å². The quantitative estimate of drug-likeness (QED) is 0.607. The molecule has 2 unspecified atom stereocenters. The maximum atomic E-state index is 6.08. The van der Waals surface area contributed by atoms with E-state index in [-0.39, 0.29) is 0 Å². The monoisotopic (exact) mass is 263 g/mol. The van der Waals surface area contributed by atoms with Crippen LogP contribution in [0.25, 0.3) is 0 Å². The van der Waals surface area contributed by atoms with E-state index in [0.717, 1.165) is 17.8 Å². The molecule has 0 amide bonds. The zero-order chi connectivity index (χ0) is 13.1. The van der Waals surface area contributed by atoms with Crippen LogP contribution < -0.4 is 11.1 Å². The Balaban J connectivity index is 1.43. The van der Waals surface area contributed by atoms with Crippen molar-refractivity contribution in [3.63, 3.8) is 0 Å². The van der Waals surface area contributed by atoms with Gasteiger partial charge in [0.2, 0.25) is 0 Å². The Morgan fingerprint density at radius 1 is 0.895 bits per heavy atom. The molecule has 3 heteroatoms. The maximum Gasteiger partial charge on any atom is 0.189 e. The molecule has 0 aromatic rings. The van der Waals surface area contributed by atoms with Gasteiger partial charge in [-0.1, -0.05) is 51.4 Å². The van der Waals surface area contributed by atoms with Crippen molar-refractivity contribution in [3.05, 3.63) is 0 Å². The number of guanidine groups is 1. The fourth-order valence-corrected chi connectivity index (χ4v) is 4.09. The molecule has 0 spiro atoms. The first-order valence-electron chi connectivity index (χ1n) is 8.43. The van der Waals surface area contributed by atoms with E-state index < -0.39 is 0 Å². The summed E-state index contributed by atoms with van der Waals surface area (Å²) in [4.78, 5) is 4.72. The van der Waals surface area contributed by atoms with Crippen molar-refractivity contribution < 1.29 is 0 Å². The number of aliphatic imine (C=N–C) groups is 1. The molecule has 19 heavy (non-hydrogen) atoms. The molecular formula is C16H29N3. The molecule has 3 saturated carbocycles. The van der Waals surface area contributed by atoms with E-state index in [1.807, 2.05) is 0 Å². The first kappa shape index (κ1) is 13.3. The van der Waals surface area contributed by atoms with Gasteiger partial charge >= 0.3 is 0 Å². The first-order chi connectivity index (χ1) is 9.33. The summed E-state index contributed by atoms with van der Waals surface area (Å²) in [7, 11) is 0. The Kier molecular flexibility index (Phi) is 4.29. The molecular weight excluding hydrogens is 234 g/mol. The van der Waals surface area contributed by atoms with E-state index in [0.29, 0.717) is 12.1 Å². The lowest BCUT2D eigenvalue weighted by Crippen LogP contribution is -2.41. The van der Waals surface area contributed by atoms with Crippen LogP contribution in [0.3, 0.4) is 0 Å². The molecule has 3 aliphatic rings. The van der Waals surface area contributed by atoms with E-state index >= 15 is 0 Å². The summed E-state index contributed by atoms with van der Waals surface area (Å²) in [6, 6.07) is 1.13. The van der Waals surface area contributed by atoms with Crippen LogP contribution in [0.1, 0.15) is 70.6 Å². The van der Waals surface area contributed by atoms with Crippen molar-refractivity contribution >= 4 is 5.96 Å². The zero-order valence-electron chi connectivity index (χ0n) is 12.1. The van der Waals surface area contributed by atoms with Crippen LogP contribution in [0, 0.1) is 11.8 Å². The largest absolute Gasteiger partial charge is 0.370 e. The summed E-state index contributed by atoms with van der Waals surface area (Å²) >= 11 is 0. The van der Waals surface area contributed by atoms with Crippen molar-refractivity contribution in [2.75, 3.05) is 0 Å². The lowest BCUT2D eigenvalue weighted by atomic mass is 9.85. The van der Waals surface area contributed by atoms with Gasteiger partial charge in [0, 0.05) is 6.04 Å². The van der Waals surface area contributed by atoms with Gasteiger partial charge in [-0.05, 0) is 31.1 Å². The highest BCUT2D eigenvalue weighted by atomic mass is 15.1. The summed E-state index contributed by atoms with van der Waals surface area (Å²) in [6.45, 7) is 0. The van der Waals surface area contributed by atoms with Gasteiger partial charge in [-0.15, -0.1) is 0 Å². The van der Waals surface area contributed by atoms with E-state index in [1.54, 1.807) is 0 Å². The predicted octanol–water partition coefficient (Wildman–Crippen LogP) is 3.19. The Morgan fingerprint density at radius 3 is 2.21 bits per heavy atom. The zero-order valence-corrected chi connectivity index (χ0v) is 12.1. The highest BCUT2D eigenvalue weighted by Gasteiger charge is 2.43. The molecule has 0 aliphatic heterocycles. The second-order valence-electron chi connectivity index (χ2n) is 6.86. The van der Waals surface area contributed by atoms with Gasteiger partial charge in [-0.3, -0.25) is 0 Å². The topological polar surface area (TPSA) is 50.4 Å². The van der Waals surface area contributed by atoms with Crippen LogP contribution in [0.2, 0.25) is 0 Å². The van der Waals surface area contributed by atoms with Crippen molar-refractivity contribution in [3.8, 4) is 0 Å². The highest BCUT2D eigenvalue weighted by molar-refractivity contribution is 5.78. The number of rotatable bonds is 3. The van der Waals surface area contributed by atoms with Gasteiger partial charge in [0.15, 0.2) is 5.96 Å². The van der Waals surface area contributed by atoms with E-state index in [2.05, 4.69) is 5.32 Å². The van der Waals surface area contributed by atoms with E-state index in [4.69, 9.17) is 10.7 Å². The Morgan fingerprint density at radius 2 is 1.53 bits per heavy atom. The maximum absolute atomic E-state index is 6.08. The van der Waals surface area contributed by atoms with Crippen molar-refractivity contribution in [2.45, 2.75) is 82.7 Å². The third-order valence-electron chi connectivity index (χ3n) is 5.32. The van der Waals surface area contributed by atoms with Crippen molar-refractivity contribution in [1.82, 2.24) is 5.32 Å². The number of nitrogens with zero attached hydrogens (tertiary/aromatic N) is 1. The van der Waals surface area contributed by atoms with Crippen LogP contribution in [0.5, 0.6) is 0 Å². The smallest absolute Gasteiger partial charge is 0.189 e. The van der Waals surface area contributed by atoms with Crippen molar-refractivity contribution in [2.24, 2.45) is 22.6 Å². The fourth-order valence-electron chi connectivity index (χ4n) is 4.09. The van der Waals surface area contributed by atoms with E-state index in [9.17, 15) is 0 Å². The molecule has 3 rings (SSSR count). The standard InChI is InChI=1S/C16H29N3/c17-16(18-13-9-5-2-6-10-13)19-15-11-14(15)12-7-3-1-4-8-12/h12-15H,1-11H2,(H3,17,18,19). The van der Waals surface area contributed by atoms with Gasteiger partial charge in [0.1, 0.15) is 0 Å². The average Bonchev–Trinajstić information content (AvgIpc) is 3.20. The normalized spacial score (nSPS) is 34.2.